The molecule has 0 bridgehead atoms. The number of carboxylic acids is 1. The van der Waals surface area contributed by atoms with Gasteiger partial charge in [-0.25, -0.2) is 4.79 Å². The van der Waals surface area contributed by atoms with Crippen molar-refractivity contribution in [1.29, 1.82) is 0 Å². The summed E-state index contributed by atoms with van der Waals surface area (Å²) in [6, 6.07) is 11.2. The first-order valence-corrected chi connectivity index (χ1v) is 6.58. The molecule has 0 aliphatic carbocycles. The predicted molar refractivity (Wildman–Crippen MR) is 79.4 cm³/mol. The Hall–Kier alpha value is -2.40. The molecule has 0 amide bonds. The molecule has 21 heavy (non-hydrogen) atoms. The Labute approximate surface area is 123 Å². The van der Waals surface area contributed by atoms with Gasteiger partial charge in [0.1, 0.15) is 5.75 Å². The van der Waals surface area contributed by atoms with Crippen molar-refractivity contribution in [1.82, 2.24) is 9.88 Å². The second-order valence-electron chi connectivity index (χ2n) is 4.87. The maximum Gasteiger partial charge on any atom is 0.337 e. The lowest BCUT2D eigenvalue weighted by Gasteiger charge is -2.16. The molecule has 0 aliphatic heterocycles. The summed E-state index contributed by atoms with van der Waals surface area (Å²) in [5, 5.41) is 8.84. The predicted octanol–water partition coefficient (Wildman–Crippen LogP) is 2.42. The number of aromatic nitrogens is 1. The van der Waals surface area contributed by atoms with E-state index in [0.29, 0.717) is 6.54 Å². The molecule has 2 rings (SSSR count). The fourth-order valence-electron chi connectivity index (χ4n) is 2.06. The van der Waals surface area contributed by atoms with E-state index in [9.17, 15) is 4.79 Å². The number of hydrogen-bond acceptors (Lipinski definition) is 4. The number of benzene rings is 1. The summed E-state index contributed by atoms with van der Waals surface area (Å²) in [7, 11) is 3.64. The van der Waals surface area contributed by atoms with Gasteiger partial charge in [0, 0.05) is 19.3 Å². The van der Waals surface area contributed by atoms with Crippen molar-refractivity contribution in [2.24, 2.45) is 0 Å². The monoisotopic (exact) mass is 286 g/mol. The Bertz CT molecular complexity index is 611. The fourth-order valence-corrected chi connectivity index (χ4v) is 2.06. The summed E-state index contributed by atoms with van der Waals surface area (Å²) in [6.45, 7) is 1.41. The van der Waals surface area contributed by atoms with Crippen LogP contribution in [0.1, 0.15) is 21.6 Å². The lowest BCUT2D eigenvalue weighted by atomic mass is 10.2. The molecule has 0 unspecified atom stereocenters. The van der Waals surface area contributed by atoms with Crippen LogP contribution < -0.4 is 4.74 Å². The molecule has 0 saturated carbocycles. The Morgan fingerprint density at radius 1 is 1.29 bits per heavy atom. The van der Waals surface area contributed by atoms with E-state index in [1.54, 1.807) is 19.2 Å². The molecule has 1 N–H and O–H groups in total. The smallest absolute Gasteiger partial charge is 0.337 e. The van der Waals surface area contributed by atoms with E-state index >= 15 is 0 Å². The summed E-state index contributed by atoms with van der Waals surface area (Å²) >= 11 is 0. The van der Waals surface area contributed by atoms with Crippen LogP contribution in [0.15, 0.2) is 42.6 Å². The molecule has 5 nitrogen and oxygen atoms in total. The second kappa shape index (κ2) is 6.85. The highest BCUT2D eigenvalue weighted by atomic mass is 16.5. The first-order chi connectivity index (χ1) is 10.1. The van der Waals surface area contributed by atoms with E-state index in [1.807, 2.05) is 31.3 Å². The average Bonchev–Trinajstić information content (AvgIpc) is 2.47. The highest BCUT2D eigenvalue weighted by molar-refractivity contribution is 5.87. The minimum absolute atomic E-state index is 0.203. The van der Waals surface area contributed by atoms with Crippen molar-refractivity contribution in [2.45, 2.75) is 13.1 Å². The molecule has 0 saturated heterocycles. The Balaban J connectivity index is 1.97. The Kier molecular flexibility index (Phi) is 4.90. The van der Waals surface area contributed by atoms with Crippen LogP contribution in [-0.4, -0.2) is 35.1 Å². The van der Waals surface area contributed by atoms with Crippen molar-refractivity contribution in [3.8, 4) is 5.75 Å². The van der Waals surface area contributed by atoms with Gasteiger partial charge in [-0.2, -0.15) is 0 Å². The number of ether oxygens (including phenoxy) is 1. The van der Waals surface area contributed by atoms with Crippen LogP contribution >= 0.6 is 0 Å². The van der Waals surface area contributed by atoms with Gasteiger partial charge in [-0.3, -0.25) is 9.88 Å². The highest BCUT2D eigenvalue weighted by Gasteiger charge is 2.06. The van der Waals surface area contributed by atoms with Gasteiger partial charge in [0.25, 0.3) is 0 Å². The van der Waals surface area contributed by atoms with Gasteiger partial charge in [0.05, 0.1) is 18.4 Å². The molecule has 1 aromatic carbocycles. The minimum Gasteiger partial charge on any atom is -0.497 e. The van der Waals surface area contributed by atoms with E-state index in [4.69, 9.17) is 9.84 Å². The van der Waals surface area contributed by atoms with Crippen LogP contribution in [0, 0.1) is 0 Å². The first-order valence-electron chi connectivity index (χ1n) is 6.58. The number of carbonyl (C=O) groups is 1. The molecule has 1 aromatic heterocycles. The average molecular weight is 286 g/mol. The van der Waals surface area contributed by atoms with Gasteiger partial charge in [0.2, 0.25) is 0 Å². The minimum atomic E-state index is -0.959. The van der Waals surface area contributed by atoms with Gasteiger partial charge in [0.15, 0.2) is 0 Å². The lowest BCUT2D eigenvalue weighted by molar-refractivity contribution is 0.0696. The van der Waals surface area contributed by atoms with Gasteiger partial charge in [-0.05, 0) is 36.9 Å². The summed E-state index contributed by atoms with van der Waals surface area (Å²) in [5.41, 5.74) is 2.19. The SMILES string of the molecule is COc1cccc(CN(C)Cc2ccc(C(=O)O)cn2)c1. The quantitative estimate of drug-likeness (QED) is 0.883. The van der Waals surface area contributed by atoms with Crippen LogP contribution in [0.4, 0.5) is 0 Å². The second-order valence-corrected chi connectivity index (χ2v) is 4.87. The van der Waals surface area contributed by atoms with Crippen molar-refractivity contribution in [3.63, 3.8) is 0 Å². The van der Waals surface area contributed by atoms with E-state index in [0.717, 1.165) is 23.6 Å². The van der Waals surface area contributed by atoms with Crippen LogP contribution in [0.25, 0.3) is 0 Å². The first kappa shape index (κ1) is 15.0. The standard InChI is InChI=1S/C16H18N2O3/c1-18(10-12-4-3-5-15(8-12)21-2)11-14-7-6-13(9-17-14)16(19)20/h3-9H,10-11H2,1-2H3,(H,19,20). The van der Waals surface area contributed by atoms with Crippen LogP contribution in [0.2, 0.25) is 0 Å². The van der Waals surface area contributed by atoms with E-state index in [2.05, 4.69) is 9.88 Å². The molecule has 0 fully saturated rings. The normalized spacial score (nSPS) is 10.6. The van der Waals surface area contributed by atoms with Gasteiger partial charge in [-0.15, -0.1) is 0 Å². The molecule has 0 aliphatic rings. The van der Waals surface area contributed by atoms with Crippen molar-refractivity contribution < 1.29 is 14.6 Å². The zero-order chi connectivity index (χ0) is 15.2. The lowest BCUT2D eigenvalue weighted by Crippen LogP contribution is -2.18. The zero-order valence-corrected chi connectivity index (χ0v) is 12.1. The summed E-state index contributed by atoms with van der Waals surface area (Å²) in [6.07, 6.45) is 1.39. The Morgan fingerprint density at radius 3 is 2.71 bits per heavy atom. The van der Waals surface area contributed by atoms with E-state index in [1.165, 1.54) is 6.20 Å². The van der Waals surface area contributed by atoms with Crippen molar-refractivity contribution in [2.75, 3.05) is 14.2 Å². The van der Waals surface area contributed by atoms with Gasteiger partial charge in [-0.1, -0.05) is 12.1 Å². The number of methoxy groups -OCH3 is 1. The van der Waals surface area contributed by atoms with E-state index in [-0.39, 0.29) is 5.56 Å². The summed E-state index contributed by atoms with van der Waals surface area (Å²) < 4.78 is 5.20. The molecular weight excluding hydrogens is 268 g/mol. The maximum absolute atomic E-state index is 10.8. The molecule has 0 radical (unpaired) electrons. The largest absolute Gasteiger partial charge is 0.497 e. The van der Waals surface area contributed by atoms with Crippen LogP contribution in [-0.2, 0) is 13.1 Å². The topological polar surface area (TPSA) is 62.7 Å². The van der Waals surface area contributed by atoms with Crippen LogP contribution in [0.5, 0.6) is 5.75 Å². The molecule has 2 aromatic rings. The molecular formula is C16H18N2O3. The molecule has 0 spiro atoms. The summed E-state index contributed by atoms with van der Waals surface area (Å²) in [4.78, 5) is 17.1. The van der Waals surface area contributed by atoms with Crippen LogP contribution in [0.3, 0.4) is 0 Å². The highest BCUT2D eigenvalue weighted by Crippen LogP contribution is 2.14. The molecule has 0 atom stereocenters. The number of pyridine rings is 1. The molecule has 5 heteroatoms. The Morgan fingerprint density at radius 2 is 2.10 bits per heavy atom. The molecule has 110 valence electrons. The summed E-state index contributed by atoms with van der Waals surface area (Å²) in [5.74, 6) is -0.122. The molecule has 1 heterocycles. The van der Waals surface area contributed by atoms with E-state index < -0.39 is 5.97 Å². The third-order valence-electron chi connectivity index (χ3n) is 3.09. The maximum atomic E-state index is 10.8. The number of carboxylic acid groups (broad SMARTS) is 1. The van der Waals surface area contributed by atoms with Gasteiger partial charge >= 0.3 is 5.97 Å². The number of hydrogen-bond donors (Lipinski definition) is 1. The number of aromatic carboxylic acids is 1. The zero-order valence-electron chi connectivity index (χ0n) is 12.1. The van der Waals surface area contributed by atoms with Crippen molar-refractivity contribution in [3.05, 3.63) is 59.4 Å². The van der Waals surface area contributed by atoms with Gasteiger partial charge < -0.3 is 9.84 Å². The third-order valence-corrected chi connectivity index (χ3v) is 3.09. The fraction of sp³-hybridized carbons (Fsp3) is 0.250. The number of nitrogens with zero attached hydrogens (tertiary/aromatic N) is 2. The number of rotatable bonds is 6. The van der Waals surface area contributed by atoms with Crippen molar-refractivity contribution >= 4 is 5.97 Å². The third kappa shape index (κ3) is 4.29.